The molecule has 0 atom stereocenters. The Bertz CT molecular complexity index is 795. The number of amides is 1. The number of ether oxygens (including phenoxy) is 2. The van der Waals surface area contributed by atoms with Gasteiger partial charge in [-0.3, -0.25) is 14.9 Å². The highest BCUT2D eigenvalue weighted by Gasteiger charge is 2.18. The maximum Gasteiger partial charge on any atom is 0.296 e. The predicted octanol–water partition coefficient (Wildman–Crippen LogP) is 3.92. The first kappa shape index (κ1) is 19.2. The number of carbonyl (C=O) groups is 1. The van der Waals surface area contributed by atoms with Crippen LogP contribution in [0.2, 0.25) is 0 Å². The molecule has 0 aliphatic heterocycles. The van der Waals surface area contributed by atoms with Gasteiger partial charge in [-0.1, -0.05) is 32.9 Å². The highest BCUT2D eigenvalue weighted by Crippen LogP contribution is 2.29. The van der Waals surface area contributed by atoms with E-state index in [1.165, 1.54) is 25.3 Å². The summed E-state index contributed by atoms with van der Waals surface area (Å²) >= 11 is 0. The SMILES string of the molecule is COc1ccc(NC(=O)COc2ccc(C(C)(C)C)cc2)c([N+](=O)[O-])c1. The van der Waals surface area contributed by atoms with E-state index in [1.807, 2.05) is 12.1 Å². The summed E-state index contributed by atoms with van der Waals surface area (Å²) in [7, 11) is 1.41. The third-order valence-electron chi connectivity index (χ3n) is 3.77. The van der Waals surface area contributed by atoms with Gasteiger partial charge < -0.3 is 14.8 Å². The van der Waals surface area contributed by atoms with Gasteiger partial charge in [0.1, 0.15) is 17.2 Å². The van der Waals surface area contributed by atoms with Crippen LogP contribution in [0.25, 0.3) is 0 Å². The van der Waals surface area contributed by atoms with Gasteiger partial charge in [-0.05, 0) is 35.2 Å². The Kier molecular flexibility index (Phi) is 5.82. The summed E-state index contributed by atoms with van der Waals surface area (Å²) in [5.74, 6) is 0.403. The molecule has 7 nitrogen and oxygen atoms in total. The van der Waals surface area contributed by atoms with E-state index in [1.54, 1.807) is 12.1 Å². The van der Waals surface area contributed by atoms with E-state index in [0.717, 1.165) is 5.56 Å². The molecule has 0 saturated heterocycles. The Labute approximate surface area is 152 Å². The monoisotopic (exact) mass is 358 g/mol. The molecule has 1 amide bonds. The zero-order valence-corrected chi connectivity index (χ0v) is 15.2. The average molecular weight is 358 g/mol. The Morgan fingerprint density at radius 2 is 1.73 bits per heavy atom. The van der Waals surface area contributed by atoms with Crippen molar-refractivity contribution in [3.63, 3.8) is 0 Å². The number of nitrogens with one attached hydrogen (secondary N) is 1. The van der Waals surface area contributed by atoms with Gasteiger partial charge in [-0.15, -0.1) is 0 Å². The number of methoxy groups -OCH3 is 1. The number of hydrogen-bond donors (Lipinski definition) is 1. The van der Waals surface area contributed by atoms with Gasteiger partial charge in [0.25, 0.3) is 11.6 Å². The molecule has 0 unspecified atom stereocenters. The van der Waals surface area contributed by atoms with Crippen LogP contribution in [0.3, 0.4) is 0 Å². The van der Waals surface area contributed by atoms with E-state index in [9.17, 15) is 14.9 Å². The van der Waals surface area contributed by atoms with Gasteiger partial charge >= 0.3 is 0 Å². The average Bonchev–Trinajstić information content (AvgIpc) is 2.59. The largest absolute Gasteiger partial charge is 0.496 e. The van der Waals surface area contributed by atoms with Gasteiger partial charge in [-0.2, -0.15) is 0 Å². The minimum atomic E-state index is -0.579. The number of nitrogens with zero attached hydrogens (tertiary/aromatic N) is 1. The molecule has 0 fully saturated rings. The van der Waals surface area contributed by atoms with Crippen molar-refractivity contribution in [1.82, 2.24) is 0 Å². The van der Waals surface area contributed by atoms with Crippen LogP contribution in [0.4, 0.5) is 11.4 Å². The minimum Gasteiger partial charge on any atom is -0.496 e. The van der Waals surface area contributed by atoms with Gasteiger partial charge in [0.05, 0.1) is 18.1 Å². The Hall–Kier alpha value is -3.09. The van der Waals surface area contributed by atoms with Crippen molar-refractivity contribution in [2.75, 3.05) is 19.0 Å². The molecule has 2 rings (SSSR count). The van der Waals surface area contributed by atoms with Crippen LogP contribution in [0, 0.1) is 10.1 Å². The number of anilines is 1. The quantitative estimate of drug-likeness (QED) is 0.624. The van der Waals surface area contributed by atoms with Crippen molar-refractivity contribution in [2.24, 2.45) is 0 Å². The van der Waals surface area contributed by atoms with E-state index >= 15 is 0 Å². The van der Waals surface area contributed by atoms with Crippen LogP contribution in [0.5, 0.6) is 11.5 Å². The molecule has 0 radical (unpaired) electrons. The second-order valence-corrected chi connectivity index (χ2v) is 6.75. The van der Waals surface area contributed by atoms with Crippen LogP contribution in [0.15, 0.2) is 42.5 Å². The number of nitro groups is 1. The summed E-state index contributed by atoms with van der Waals surface area (Å²) in [6.45, 7) is 6.08. The molecule has 138 valence electrons. The van der Waals surface area contributed by atoms with Crippen molar-refractivity contribution in [2.45, 2.75) is 26.2 Å². The van der Waals surface area contributed by atoms with Crippen LogP contribution in [-0.2, 0) is 10.2 Å². The zero-order valence-electron chi connectivity index (χ0n) is 15.2. The second-order valence-electron chi connectivity index (χ2n) is 6.75. The summed E-state index contributed by atoms with van der Waals surface area (Å²) in [6.07, 6.45) is 0. The third kappa shape index (κ3) is 4.95. The number of rotatable bonds is 6. The molecule has 0 aliphatic rings. The topological polar surface area (TPSA) is 90.7 Å². The van der Waals surface area contributed by atoms with Crippen LogP contribution >= 0.6 is 0 Å². The predicted molar refractivity (Wildman–Crippen MR) is 98.9 cm³/mol. The number of carbonyl (C=O) groups excluding carboxylic acids is 1. The molecule has 0 spiro atoms. The van der Waals surface area contributed by atoms with E-state index in [2.05, 4.69) is 26.1 Å². The molecule has 0 bridgehead atoms. The zero-order chi connectivity index (χ0) is 19.3. The molecule has 0 aromatic heterocycles. The first-order chi connectivity index (χ1) is 12.2. The fourth-order valence-corrected chi connectivity index (χ4v) is 2.28. The van der Waals surface area contributed by atoms with E-state index in [-0.39, 0.29) is 23.4 Å². The van der Waals surface area contributed by atoms with Crippen LogP contribution < -0.4 is 14.8 Å². The molecular formula is C19H22N2O5. The summed E-state index contributed by atoms with van der Waals surface area (Å²) in [5.41, 5.74) is 1.03. The minimum absolute atomic E-state index is 0.0310. The van der Waals surface area contributed by atoms with Crippen molar-refractivity contribution in [3.8, 4) is 11.5 Å². The van der Waals surface area contributed by atoms with Gasteiger partial charge in [0.15, 0.2) is 6.61 Å². The lowest BCUT2D eigenvalue weighted by atomic mass is 9.87. The molecular weight excluding hydrogens is 336 g/mol. The summed E-state index contributed by atoms with van der Waals surface area (Å²) < 4.78 is 10.4. The Morgan fingerprint density at radius 1 is 1.12 bits per heavy atom. The Morgan fingerprint density at radius 3 is 2.27 bits per heavy atom. The molecule has 0 saturated carbocycles. The van der Waals surface area contributed by atoms with Crippen LogP contribution in [-0.4, -0.2) is 24.5 Å². The smallest absolute Gasteiger partial charge is 0.296 e. The highest BCUT2D eigenvalue weighted by molar-refractivity contribution is 5.94. The molecule has 1 N–H and O–H groups in total. The first-order valence-electron chi connectivity index (χ1n) is 8.06. The van der Waals surface area contributed by atoms with E-state index < -0.39 is 10.8 Å². The molecule has 0 heterocycles. The van der Waals surface area contributed by atoms with Crippen molar-refractivity contribution >= 4 is 17.3 Å². The molecule has 0 aliphatic carbocycles. The first-order valence-corrected chi connectivity index (χ1v) is 8.06. The Balaban J connectivity index is 2.00. The maximum absolute atomic E-state index is 12.1. The van der Waals surface area contributed by atoms with Gasteiger partial charge in [0.2, 0.25) is 0 Å². The van der Waals surface area contributed by atoms with Crippen molar-refractivity contribution in [1.29, 1.82) is 0 Å². The van der Waals surface area contributed by atoms with E-state index in [0.29, 0.717) is 11.5 Å². The second kappa shape index (κ2) is 7.86. The number of nitro benzene ring substituents is 1. The fraction of sp³-hybridized carbons (Fsp3) is 0.316. The lowest BCUT2D eigenvalue weighted by molar-refractivity contribution is -0.384. The third-order valence-corrected chi connectivity index (χ3v) is 3.77. The lowest BCUT2D eigenvalue weighted by Crippen LogP contribution is -2.20. The van der Waals surface area contributed by atoms with Crippen LogP contribution in [0.1, 0.15) is 26.3 Å². The summed E-state index contributed by atoms with van der Waals surface area (Å²) in [5, 5.41) is 13.6. The lowest BCUT2D eigenvalue weighted by Gasteiger charge is -2.19. The highest BCUT2D eigenvalue weighted by atomic mass is 16.6. The van der Waals surface area contributed by atoms with Crippen molar-refractivity contribution < 1.29 is 19.2 Å². The van der Waals surface area contributed by atoms with E-state index in [4.69, 9.17) is 9.47 Å². The van der Waals surface area contributed by atoms with Crippen molar-refractivity contribution in [3.05, 3.63) is 58.1 Å². The number of benzene rings is 2. The normalized spacial score (nSPS) is 10.9. The summed E-state index contributed by atoms with van der Waals surface area (Å²) in [4.78, 5) is 22.6. The maximum atomic E-state index is 12.1. The molecule has 7 heteroatoms. The van der Waals surface area contributed by atoms with Gasteiger partial charge in [-0.25, -0.2) is 0 Å². The summed E-state index contributed by atoms with van der Waals surface area (Å²) in [6, 6.07) is 11.7. The standard InChI is InChI=1S/C19H22N2O5/c1-19(2,3)13-5-7-14(8-6-13)26-12-18(22)20-16-10-9-15(25-4)11-17(16)21(23)24/h5-11H,12H2,1-4H3,(H,20,22). The molecule has 26 heavy (non-hydrogen) atoms. The fourth-order valence-electron chi connectivity index (χ4n) is 2.28. The molecule has 2 aromatic carbocycles. The van der Waals surface area contributed by atoms with Gasteiger partial charge in [0, 0.05) is 0 Å². The number of hydrogen-bond acceptors (Lipinski definition) is 5. The molecule has 2 aromatic rings.